The average Bonchev–Trinajstić information content (AvgIpc) is 3.42. The van der Waals surface area contributed by atoms with Crippen molar-refractivity contribution in [3.8, 4) is 0 Å². The van der Waals surface area contributed by atoms with Gasteiger partial charge in [-0.1, -0.05) is 44.5 Å². The second-order valence-electron chi connectivity index (χ2n) is 10.7. The fraction of sp³-hybridized carbons (Fsp3) is 0.548. The Bertz CT molecular complexity index is 1140. The largest absolute Gasteiger partial charge is 0.465 e. The van der Waals surface area contributed by atoms with E-state index in [4.69, 9.17) is 9.47 Å². The first-order chi connectivity index (χ1) is 20.1. The van der Waals surface area contributed by atoms with E-state index in [0.717, 1.165) is 43.0 Å². The van der Waals surface area contributed by atoms with Crippen LogP contribution < -0.4 is 16.0 Å². The van der Waals surface area contributed by atoms with Gasteiger partial charge >= 0.3 is 6.09 Å². The number of ether oxygens (including phenoxy) is 2. The maximum absolute atomic E-state index is 13.9. The van der Waals surface area contributed by atoms with Crippen molar-refractivity contribution in [2.24, 2.45) is 0 Å². The molecule has 232 valence electrons. The van der Waals surface area contributed by atoms with Crippen LogP contribution in [0.1, 0.15) is 62.6 Å². The molecule has 0 aromatic heterocycles. The van der Waals surface area contributed by atoms with E-state index in [1.165, 1.54) is 5.56 Å². The molecule has 2 aromatic rings. The Balaban J connectivity index is 1.72. The SMILES string of the molecule is CCCCC1(CC[C@@H](NC(=O)O)C(=O)N[C@@H](Cc2cc(F)cc(F)c2)[C@@H](O)CNCc2cccc(CC)c2)OCCO1. The van der Waals surface area contributed by atoms with Crippen LogP contribution in [0, 0.1) is 11.6 Å². The first kappa shape index (κ1) is 33.4. The highest BCUT2D eigenvalue weighted by Crippen LogP contribution is 2.31. The summed E-state index contributed by atoms with van der Waals surface area (Å²) in [5.41, 5.74) is 2.44. The third kappa shape index (κ3) is 10.6. The molecule has 0 spiro atoms. The maximum Gasteiger partial charge on any atom is 0.405 e. The zero-order valence-corrected chi connectivity index (χ0v) is 24.3. The fourth-order valence-electron chi connectivity index (χ4n) is 5.15. The van der Waals surface area contributed by atoms with Crippen LogP contribution in [0.4, 0.5) is 13.6 Å². The van der Waals surface area contributed by atoms with E-state index in [2.05, 4.69) is 28.9 Å². The van der Waals surface area contributed by atoms with Gasteiger partial charge in [0.05, 0.1) is 25.4 Å². The topological polar surface area (TPSA) is 129 Å². The quantitative estimate of drug-likeness (QED) is 0.188. The van der Waals surface area contributed by atoms with Crippen LogP contribution in [0.2, 0.25) is 0 Å². The third-order valence-corrected chi connectivity index (χ3v) is 7.41. The van der Waals surface area contributed by atoms with Crippen molar-refractivity contribution in [2.45, 2.75) is 89.3 Å². The molecule has 1 fully saturated rings. The van der Waals surface area contributed by atoms with Crippen LogP contribution in [0.5, 0.6) is 0 Å². The number of aryl methyl sites for hydroxylation is 1. The molecule has 3 rings (SSSR count). The molecule has 5 N–H and O–H groups in total. The molecule has 2 amide bonds. The summed E-state index contributed by atoms with van der Waals surface area (Å²) < 4.78 is 39.6. The van der Waals surface area contributed by atoms with Gasteiger partial charge in [-0.25, -0.2) is 13.6 Å². The molecule has 1 heterocycles. The van der Waals surface area contributed by atoms with Crippen molar-refractivity contribution in [3.63, 3.8) is 0 Å². The van der Waals surface area contributed by atoms with E-state index in [1.54, 1.807) is 0 Å². The molecule has 2 aromatic carbocycles. The Morgan fingerprint density at radius 1 is 0.976 bits per heavy atom. The second-order valence-corrected chi connectivity index (χ2v) is 10.7. The lowest BCUT2D eigenvalue weighted by Gasteiger charge is -2.30. The number of carboxylic acid groups (broad SMARTS) is 1. The van der Waals surface area contributed by atoms with Crippen molar-refractivity contribution in [2.75, 3.05) is 19.8 Å². The third-order valence-electron chi connectivity index (χ3n) is 7.41. The van der Waals surface area contributed by atoms with Gasteiger partial charge in [0.25, 0.3) is 0 Å². The second kappa shape index (κ2) is 16.5. The van der Waals surface area contributed by atoms with Crippen molar-refractivity contribution in [1.29, 1.82) is 0 Å². The summed E-state index contributed by atoms with van der Waals surface area (Å²) in [6, 6.07) is 8.88. The van der Waals surface area contributed by atoms with Crippen LogP contribution in [0.15, 0.2) is 42.5 Å². The van der Waals surface area contributed by atoms with Gasteiger partial charge < -0.3 is 35.6 Å². The minimum atomic E-state index is -1.38. The highest BCUT2D eigenvalue weighted by molar-refractivity contribution is 5.85. The van der Waals surface area contributed by atoms with Crippen molar-refractivity contribution in [3.05, 3.63) is 70.8 Å². The first-order valence-electron chi connectivity index (χ1n) is 14.6. The number of hydrogen-bond donors (Lipinski definition) is 5. The Labute approximate surface area is 246 Å². The predicted octanol–water partition coefficient (Wildman–Crippen LogP) is 4.05. The fourth-order valence-corrected chi connectivity index (χ4v) is 5.15. The Morgan fingerprint density at radius 3 is 2.31 bits per heavy atom. The number of nitrogens with one attached hydrogen (secondary N) is 3. The van der Waals surface area contributed by atoms with Crippen LogP contribution in [-0.4, -0.2) is 65.9 Å². The van der Waals surface area contributed by atoms with Crippen molar-refractivity contribution >= 4 is 12.0 Å². The maximum atomic E-state index is 13.9. The van der Waals surface area contributed by atoms with Gasteiger partial charge in [0, 0.05) is 32.0 Å². The van der Waals surface area contributed by atoms with Gasteiger partial charge in [0.15, 0.2) is 5.79 Å². The first-order valence-corrected chi connectivity index (χ1v) is 14.6. The van der Waals surface area contributed by atoms with Crippen LogP contribution in [0.25, 0.3) is 0 Å². The van der Waals surface area contributed by atoms with E-state index in [1.807, 2.05) is 25.1 Å². The van der Waals surface area contributed by atoms with Crippen LogP contribution in [-0.2, 0) is 33.7 Å². The van der Waals surface area contributed by atoms with Gasteiger partial charge in [0.2, 0.25) is 5.91 Å². The van der Waals surface area contributed by atoms with E-state index < -0.39 is 47.6 Å². The smallest absolute Gasteiger partial charge is 0.405 e. The average molecular weight is 592 g/mol. The van der Waals surface area contributed by atoms with Gasteiger partial charge in [-0.05, 0) is 54.5 Å². The van der Waals surface area contributed by atoms with Crippen LogP contribution >= 0.6 is 0 Å². The molecule has 11 heteroatoms. The van der Waals surface area contributed by atoms with E-state index in [0.29, 0.717) is 26.2 Å². The predicted molar refractivity (Wildman–Crippen MR) is 154 cm³/mol. The zero-order chi connectivity index (χ0) is 30.5. The molecule has 1 aliphatic heterocycles. The van der Waals surface area contributed by atoms with E-state index in [9.17, 15) is 28.6 Å². The minimum absolute atomic E-state index is 0.0674. The number of rotatable bonds is 17. The molecule has 1 saturated heterocycles. The number of hydrogen-bond acceptors (Lipinski definition) is 6. The molecular formula is C31H43F2N3O6. The number of amides is 2. The summed E-state index contributed by atoms with van der Waals surface area (Å²) in [6.07, 6.45) is 1.02. The summed E-state index contributed by atoms with van der Waals surface area (Å²) >= 11 is 0. The molecule has 0 aliphatic carbocycles. The standard InChI is InChI=1S/C31H43F2N3O6/c1-3-5-10-31(41-12-13-42-31)11-9-26(36-30(39)40)29(38)35-27(17-23-15-24(32)18-25(33)16-23)28(37)20-34-19-22-8-6-7-21(4-2)14-22/h6-8,14-16,18,26-28,34,36-37H,3-5,9-13,17,19-20H2,1-2H3,(H,35,38)(H,39,40)/t26-,27+,28+/m1/s1. The summed E-state index contributed by atoms with van der Waals surface area (Å²) in [7, 11) is 0. The molecule has 0 radical (unpaired) electrons. The Kier molecular flexibility index (Phi) is 13.1. The molecule has 0 bridgehead atoms. The number of aliphatic hydroxyl groups excluding tert-OH is 1. The van der Waals surface area contributed by atoms with Crippen LogP contribution in [0.3, 0.4) is 0 Å². The number of unbranched alkanes of at least 4 members (excludes halogenated alkanes) is 1. The Hall–Kier alpha value is -3.12. The van der Waals surface area contributed by atoms with Crippen molar-refractivity contribution in [1.82, 2.24) is 16.0 Å². The number of carbonyl (C=O) groups excluding carboxylic acids is 1. The van der Waals surface area contributed by atoms with Gasteiger partial charge in [-0.2, -0.15) is 0 Å². The summed E-state index contributed by atoms with van der Waals surface area (Å²) in [5.74, 6) is -3.11. The highest BCUT2D eigenvalue weighted by atomic mass is 19.1. The highest BCUT2D eigenvalue weighted by Gasteiger charge is 2.38. The van der Waals surface area contributed by atoms with E-state index in [-0.39, 0.29) is 31.4 Å². The monoisotopic (exact) mass is 591 g/mol. The number of carbonyl (C=O) groups is 2. The molecule has 1 aliphatic rings. The lowest BCUT2D eigenvalue weighted by Crippen LogP contribution is -2.55. The van der Waals surface area contributed by atoms with Gasteiger partial charge in [-0.3, -0.25) is 4.79 Å². The normalized spacial score (nSPS) is 16.5. The molecule has 9 nitrogen and oxygen atoms in total. The number of benzene rings is 2. The lowest BCUT2D eigenvalue weighted by molar-refractivity contribution is -0.169. The molecule has 0 unspecified atom stereocenters. The minimum Gasteiger partial charge on any atom is -0.465 e. The summed E-state index contributed by atoms with van der Waals surface area (Å²) in [4.78, 5) is 25.0. The zero-order valence-electron chi connectivity index (χ0n) is 24.3. The van der Waals surface area contributed by atoms with Gasteiger partial charge in [0.1, 0.15) is 17.7 Å². The number of halogens is 2. The number of aliphatic hydroxyl groups is 1. The van der Waals surface area contributed by atoms with Gasteiger partial charge in [-0.15, -0.1) is 0 Å². The van der Waals surface area contributed by atoms with Crippen molar-refractivity contribution < 1.29 is 38.1 Å². The molecule has 42 heavy (non-hydrogen) atoms. The lowest BCUT2D eigenvalue weighted by atomic mass is 9.97. The van der Waals surface area contributed by atoms with E-state index >= 15 is 0 Å². The molecule has 3 atom stereocenters. The Morgan fingerprint density at radius 2 is 1.67 bits per heavy atom. The molecular weight excluding hydrogens is 548 g/mol. The molecule has 0 saturated carbocycles. The summed E-state index contributed by atoms with van der Waals surface area (Å²) in [5, 5.41) is 28.7. The summed E-state index contributed by atoms with van der Waals surface area (Å²) in [6.45, 7) is 5.46.